The zero-order chi connectivity index (χ0) is 12.1. The van der Waals surface area contributed by atoms with Crippen LogP contribution in [0.1, 0.15) is 24.7 Å². The zero-order valence-electron chi connectivity index (χ0n) is 10.2. The van der Waals surface area contributed by atoms with Crippen LogP contribution in [0.4, 0.5) is 5.82 Å². The minimum absolute atomic E-state index is 0.308. The minimum atomic E-state index is -0.308. The molecule has 0 unspecified atom stereocenters. The third-order valence-electron chi connectivity index (χ3n) is 2.26. The number of aryl methyl sites for hydroxylation is 1. The number of aliphatic hydroxyl groups is 1. The Morgan fingerprint density at radius 3 is 2.62 bits per heavy atom. The van der Waals surface area contributed by atoms with Crippen LogP contribution in [0.5, 0.6) is 5.88 Å². The molecule has 1 aromatic heterocycles. The third kappa shape index (κ3) is 3.34. The van der Waals surface area contributed by atoms with Crippen molar-refractivity contribution in [3.8, 4) is 5.88 Å². The molecule has 0 bridgehead atoms. The molecule has 0 aliphatic rings. The average molecular weight is 225 g/mol. The lowest BCUT2D eigenvalue weighted by molar-refractivity contribution is 0.188. The van der Waals surface area contributed by atoms with E-state index >= 15 is 0 Å². The molecule has 0 saturated carbocycles. The second-order valence-corrected chi connectivity index (χ2v) is 3.82. The molecular formula is C11H19N3O2. The molecular weight excluding hydrogens is 206 g/mol. The number of rotatable bonds is 5. The summed E-state index contributed by atoms with van der Waals surface area (Å²) in [6.45, 7) is 6.17. The summed E-state index contributed by atoms with van der Waals surface area (Å²) in [4.78, 5) is 8.47. The molecule has 1 atom stereocenters. The Bertz CT molecular complexity index is 353. The molecule has 90 valence electrons. The Hall–Kier alpha value is -1.36. The average Bonchev–Trinajstić information content (AvgIpc) is 2.22. The number of aromatic nitrogens is 2. The minimum Gasteiger partial charge on any atom is -0.481 e. The third-order valence-corrected chi connectivity index (χ3v) is 2.26. The van der Waals surface area contributed by atoms with Crippen LogP contribution in [0.2, 0.25) is 0 Å². The lowest BCUT2D eigenvalue weighted by atomic mass is 10.2. The number of nitrogens with one attached hydrogen (secondary N) is 1. The van der Waals surface area contributed by atoms with Gasteiger partial charge < -0.3 is 15.2 Å². The molecule has 1 aromatic rings. The van der Waals surface area contributed by atoms with Gasteiger partial charge >= 0.3 is 0 Å². The predicted molar refractivity (Wildman–Crippen MR) is 62.8 cm³/mol. The van der Waals surface area contributed by atoms with E-state index in [1.165, 1.54) is 0 Å². The van der Waals surface area contributed by atoms with Crippen molar-refractivity contribution in [2.45, 2.75) is 33.3 Å². The lowest BCUT2D eigenvalue weighted by Gasteiger charge is -2.12. The highest BCUT2D eigenvalue weighted by Crippen LogP contribution is 2.21. The zero-order valence-corrected chi connectivity index (χ0v) is 10.2. The van der Waals surface area contributed by atoms with E-state index in [-0.39, 0.29) is 6.10 Å². The van der Waals surface area contributed by atoms with Gasteiger partial charge in [-0.05, 0) is 27.2 Å². The number of methoxy groups -OCH3 is 1. The first-order valence-corrected chi connectivity index (χ1v) is 5.35. The Kier molecular flexibility index (Phi) is 4.49. The maximum atomic E-state index is 9.16. The molecule has 2 N–H and O–H groups in total. The lowest BCUT2D eigenvalue weighted by Crippen LogP contribution is -2.12. The van der Waals surface area contributed by atoms with Gasteiger partial charge in [0.2, 0.25) is 5.88 Å². The Labute approximate surface area is 95.9 Å². The Morgan fingerprint density at radius 1 is 1.38 bits per heavy atom. The van der Waals surface area contributed by atoms with Crippen molar-refractivity contribution >= 4 is 5.82 Å². The molecule has 5 nitrogen and oxygen atoms in total. The molecule has 0 radical (unpaired) electrons. The molecule has 5 heteroatoms. The van der Waals surface area contributed by atoms with Gasteiger partial charge in [0.1, 0.15) is 11.6 Å². The number of ether oxygens (including phenoxy) is 1. The van der Waals surface area contributed by atoms with Crippen molar-refractivity contribution < 1.29 is 9.84 Å². The summed E-state index contributed by atoms with van der Waals surface area (Å²) in [5, 5.41) is 12.3. The van der Waals surface area contributed by atoms with Crippen LogP contribution in [0, 0.1) is 13.8 Å². The molecule has 0 amide bonds. The van der Waals surface area contributed by atoms with Gasteiger partial charge in [0, 0.05) is 6.54 Å². The second kappa shape index (κ2) is 5.65. The molecule has 0 saturated heterocycles. The first kappa shape index (κ1) is 12.7. The van der Waals surface area contributed by atoms with Crippen molar-refractivity contribution in [3.63, 3.8) is 0 Å². The molecule has 0 spiro atoms. The van der Waals surface area contributed by atoms with Gasteiger partial charge in [-0.25, -0.2) is 4.98 Å². The van der Waals surface area contributed by atoms with E-state index in [9.17, 15) is 0 Å². The van der Waals surface area contributed by atoms with E-state index in [1.807, 2.05) is 13.8 Å². The van der Waals surface area contributed by atoms with Crippen molar-refractivity contribution in [3.05, 3.63) is 11.4 Å². The Morgan fingerprint density at radius 2 is 2.06 bits per heavy atom. The molecule has 16 heavy (non-hydrogen) atoms. The predicted octanol–water partition coefficient (Wildman–Crippen LogP) is 1.28. The van der Waals surface area contributed by atoms with E-state index in [0.717, 1.165) is 11.4 Å². The van der Waals surface area contributed by atoms with Gasteiger partial charge in [-0.2, -0.15) is 4.98 Å². The van der Waals surface area contributed by atoms with Crippen LogP contribution in [0.15, 0.2) is 0 Å². The van der Waals surface area contributed by atoms with Crippen molar-refractivity contribution in [2.24, 2.45) is 0 Å². The van der Waals surface area contributed by atoms with Gasteiger partial charge in [-0.15, -0.1) is 0 Å². The van der Waals surface area contributed by atoms with Gasteiger partial charge in [0.05, 0.1) is 18.8 Å². The highest BCUT2D eigenvalue weighted by atomic mass is 16.5. The smallest absolute Gasteiger partial charge is 0.221 e. The van der Waals surface area contributed by atoms with Crippen molar-refractivity contribution in [1.29, 1.82) is 0 Å². The summed E-state index contributed by atoms with van der Waals surface area (Å²) < 4.78 is 5.15. The topological polar surface area (TPSA) is 67.3 Å². The standard InChI is InChI=1S/C11H19N3O2/c1-7(15)5-6-12-10-8(2)11(16-4)14-9(3)13-10/h7,15H,5-6H2,1-4H3,(H,12,13,14)/t7-/m1/s1. The molecule has 0 aliphatic heterocycles. The molecule has 0 aliphatic carbocycles. The SMILES string of the molecule is COc1nc(C)nc(NCC[C@@H](C)O)c1C. The van der Waals surface area contributed by atoms with E-state index in [2.05, 4.69) is 15.3 Å². The van der Waals surface area contributed by atoms with E-state index in [1.54, 1.807) is 14.0 Å². The maximum absolute atomic E-state index is 9.16. The normalized spacial score (nSPS) is 12.3. The van der Waals surface area contributed by atoms with E-state index < -0.39 is 0 Å². The van der Waals surface area contributed by atoms with E-state index in [0.29, 0.717) is 24.7 Å². The summed E-state index contributed by atoms with van der Waals surface area (Å²) in [6, 6.07) is 0. The molecule has 1 rings (SSSR count). The summed E-state index contributed by atoms with van der Waals surface area (Å²) in [5.74, 6) is 2.03. The van der Waals surface area contributed by atoms with Crippen LogP contribution in [-0.4, -0.2) is 34.8 Å². The number of nitrogens with zero attached hydrogens (tertiary/aromatic N) is 2. The summed E-state index contributed by atoms with van der Waals surface area (Å²) >= 11 is 0. The van der Waals surface area contributed by atoms with E-state index in [4.69, 9.17) is 9.84 Å². The number of aliphatic hydroxyl groups excluding tert-OH is 1. The monoisotopic (exact) mass is 225 g/mol. The first-order chi connectivity index (χ1) is 7.54. The van der Waals surface area contributed by atoms with Crippen LogP contribution in [-0.2, 0) is 0 Å². The fourth-order valence-corrected chi connectivity index (χ4v) is 1.37. The van der Waals surface area contributed by atoms with Gasteiger partial charge in [-0.1, -0.05) is 0 Å². The summed E-state index contributed by atoms with van der Waals surface area (Å²) in [5.41, 5.74) is 0.888. The maximum Gasteiger partial charge on any atom is 0.221 e. The van der Waals surface area contributed by atoms with Crippen molar-refractivity contribution in [1.82, 2.24) is 9.97 Å². The van der Waals surface area contributed by atoms with Crippen LogP contribution in [0.25, 0.3) is 0 Å². The largest absolute Gasteiger partial charge is 0.481 e. The van der Waals surface area contributed by atoms with Gasteiger partial charge in [0.25, 0.3) is 0 Å². The summed E-state index contributed by atoms with van der Waals surface area (Å²) in [6.07, 6.45) is 0.378. The van der Waals surface area contributed by atoms with Crippen LogP contribution in [0.3, 0.4) is 0 Å². The number of anilines is 1. The van der Waals surface area contributed by atoms with Crippen LogP contribution < -0.4 is 10.1 Å². The van der Waals surface area contributed by atoms with Crippen molar-refractivity contribution in [2.75, 3.05) is 19.0 Å². The quantitative estimate of drug-likeness (QED) is 0.790. The highest BCUT2D eigenvalue weighted by Gasteiger charge is 2.09. The molecule has 0 aromatic carbocycles. The van der Waals surface area contributed by atoms with Crippen LogP contribution >= 0.6 is 0 Å². The van der Waals surface area contributed by atoms with Gasteiger partial charge in [-0.3, -0.25) is 0 Å². The second-order valence-electron chi connectivity index (χ2n) is 3.82. The highest BCUT2D eigenvalue weighted by molar-refractivity contribution is 5.48. The number of hydrogen-bond acceptors (Lipinski definition) is 5. The van der Waals surface area contributed by atoms with Gasteiger partial charge in [0.15, 0.2) is 0 Å². The first-order valence-electron chi connectivity index (χ1n) is 5.35. The Balaban J connectivity index is 2.75. The fourth-order valence-electron chi connectivity index (χ4n) is 1.37. The fraction of sp³-hybridized carbons (Fsp3) is 0.636. The molecule has 1 heterocycles. The summed E-state index contributed by atoms with van der Waals surface area (Å²) in [7, 11) is 1.59. The number of hydrogen-bond donors (Lipinski definition) is 2. The molecule has 0 fully saturated rings.